The summed E-state index contributed by atoms with van der Waals surface area (Å²) >= 11 is 0. The van der Waals surface area contributed by atoms with Crippen molar-refractivity contribution in [3.05, 3.63) is 58.8 Å². The Morgan fingerprint density at radius 1 is 1.15 bits per heavy atom. The third-order valence-electron chi connectivity index (χ3n) is 6.05. The largest absolute Gasteiger partial charge is 0.365 e. The molecule has 3 atom stereocenters. The van der Waals surface area contributed by atoms with Crippen molar-refractivity contribution in [3.8, 4) is 0 Å². The van der Waals surface area contributed by atoms with Crippen LogP contribution in [-0.4, -0.2) is 42.5 Å². The van der Waals surface area contributed by atoms with Crippen molar-refractivity contribution in [2.75, 3.05) is 31.6 Å². The standard InChI is InChI=1S/C21H26N4O/c1-13-9-17(20(22)26)21(23-14(13)2)25-11-16-10-24(3)19(18(16)12-25)15-7-5-4-6-8-15/h4-9,16,18-19H,10-12H2,1-3H3,(H2,22,26)/t16-,18+,19-/m0/s1. The van der Waals surface area contributed by atoms with Gasteiger partial charge in [0.15, 0.2) is 0 Å². The van der Waals surface area contributed by atoms with Crippen molar-refractivity contribution >= 4 is 11.7 Å². The number of aryl methyl sites for hydroxylation is 2. The van der Waals surface area contributed by atoms with Crippen LogP contribution in [0, 0.1) is 25.7 Å². The van der Waals surface area contributed by atoms with Gasteiger partial charge in [0.25, 0.3) is 5.91 Å². The molecule has 1 amide bonds. The number of likely N-dealkylation sites (tertiary alicyclic amines) is 1. The summed E-state index contributed by atoms with van der Waals surface area (Å²) in [5, 5.41) is 0. The SMILES string of the molecule is Cc1cc(C(N)=O)c(N2C[C@@H]3CN(C)[C@@H](c4ccccc4)[C@@H]3C2)nc1C. The number of hydrogen-bond acceptors (Lipinski definition) is 4. The zero-order chi connectivity index (χ0) is 18.4. The molecule has 0 saturated carbocycles. The van der Waals surface area contributed by atoms with Crippen LogP contribution < -0.4 is 10.6 Å². The quantitative estimate of drug-likeness (QED) is 0.924. The Kier molecular flexibility index (Phi) is 4.19. The summed E-state index contributed by atoms with van der Waals surface area (Å²) in [5.74, 6) is 1.47. The summed E-state index contributed by atoms with van der Waals surface area (Å²) in [7, 11) is 2.21. The number of primary amides is 1. The van der Waals surface area contributed by atoms with Crippen LogP contribution in [0.15, 0.2) is 36.4 Å². The molecule has 0 spiro atoms. The monoisotopic (exact) mass is 350 g/mol. The molecule has 1 aromatic heterocycles. The number of fused-ring (bicyclic) bond motifs is 1. The van der Waals surface area contributed by atoms with E-state index in [0.717, 1.165) is 36.7 Å². The van der Waals surface area contributed by atoms with Crippen molar-refractivity contribution < 1.29 is 4.79 Å². The van der Waals surface area contributed by atoms with Gasteiger partial charge in [0.1, 0.15) is 5.82 Å². The van der Waals surface area contributed by atoms with E-state index in [1.54, 1.807) is 0 Å². The average molecular weight is 350 g/mol. The highest BCUT2D eigenvalue weighted by Crippen LogP contribution is 2.45. The number of nitrogens with two attached hydrogens (primary N) is 1. The Morgan fingerprint density at radius 3 is 2.58 bits per heavy atom. The Hall–Kier alpha value is -2.40. The summed E-state index contributed by atoms with van der Waals surface area (Å²) in [5.41, 5.74) is 9.51. The predicted molar refractivity (Wildman–Crippen MR) is 103 cm³/mol. The molecular weight excluding hydrogens is 324 g/mol. The molecule has 2 fully saturated rings. The van der Waals surface area contributed by atoms with Crippen LogP contribution >= 0.6 is 0 Å². The molecule has 2 saturated heterocycles. The average Bonchev–Trinajstić information content (AvgIpc) is 3.13. The summed E-state index contributed by atoms with van der Waals surface area (Å²) in [6.07, 6.45) is 0. The van der Waals surface area contributed by atoms with Crippen molar-refractivity contribution in [2.24, 2.45) is 17.6 Å². The lowest BCUT2D eigenvalue weighted by molar-refractivity contribution is 0.100. The Balaban J connectivity index is 1.66. The third-order valence-corrected chi connectivity index (χ3v) is 6.05. The van der Waals surface area contributed by atoms with E-state index in [9.17, 15) is 4.79 Å². The van der Waals surface area contributed by atoms with Gasteiger partial charge in [-0.1, -0.05) is 30.3 Å². The van der Waals surface area contributed by atoms with Crippen LogP contribution in [0.2, 0.25) is 0 Å². The van der Waals surface area contributed by atoms with Gasteiger partial charge in [0.05, 0.1) is 5.56 Å². The number of nitrogens with zero attached hydrogens (tertiary/aromatic N) is 3. The highest BCUT2D eigenvalue weighted by atomic mass is 16.1. The Bertz CT molecular complexity index is 835. The van der Waals surface area contributed by atoms with Crippen LogP contribution in [0.1, 0.15) is 33.2 Å². The fourth-order valence-electron chi connectivity index (χ4n) is 4.70. The summed E-state index contributed by atoms with van der Waals surface area (Å²) in [6, 6.07) is 13.0. The molecule has 136 valence electrons. The van der Waals surface area contributed by atoms with Gasteiger partial charge in [-0.05, 0) is 44.0 Å². The molecule has 4 rings (SSSR count). The van der Waals surface area contributed by atoms with Crippen molar-refractivity contribution in [1.82, 2.24) is 9.88 Å². The summed E-state index contributed by atoms with van der Waals surface area (Å²) in [4.78, 5) is 21.4. The van der Waals surface area contributed by atoms with Crippen LogP contribution in [0.25, 0.3) is 0 Å². The first-order valence-electron chi connectivity index (χ1n) is 9.24. The molecule has 5 nitrogen and oxygen atoms in total. The molecule has 1 aromatic carbocycles. The number of pyridine rings is 1. The second-order valence-electron chi connectivity index (χ2n) is 7.75. The molecule has 2 aliphatic heterocycles. The van der Waals surface area contributed by atoms with Gasteiger partial charge < -0.3 is 10.6 Å². The zero-order valence-electron chi connectivity index (χ0n) is 15.6. The normalized spacial score (nSPS) is 25.5. The molecule has 2 aliphatic rings. The van der Waals surface area contributed by atoms with Gasteiger partial charge in [0.2, 0.25) is 0 Å². The second-order valence-corrected chi connectivity index (χ2v) is 7.75. The second kappa shape index (κ2) is 6.40. The molecule has 5 heteroatoms. The molecular formula is C21H26N4O. The van der Waals surface area contributed by atoms with Gasteiger partial charge in [0, 0.05) is 37.3 Å². The lowest BCUT2D eigenvalue weighted by Crippen LogP contribution is -2.31. The van der Waals surface area contributed by atoms with E-state index in [1.165, 1.54) is 5.56 Å². The van der Waals surface area contributed by atoms with E-state index in [4.69, 9.17) is 10.7 Å². The molecule has 26 heavy (non-hydrogen) atoms. The molecule has 0 radical (unpaired) electrons. The van der Waals surface area contributed by atoms with Crippen LogP contribution in [0.3, 0.4) is 0 Å². The maximum Gasteiger partial charge on any atom is 0.252 e. The van der Waals surface area contributed by atoms with E-state index in [-0.39, 0.29) is 0 Å². The van der Waals surface area contributed by atoms with Crippen molar-refractivity contribution in [2.45, 2.75) is 19.9 Å². The predicted octanol–water partition coefficient (Wildman–Crippen LogP) is 2.54. The van der Waals surface area contributed by atoms with Gasteiger partial charge in [-0.25, -0.2) is 4.98 Å². The highest BCUT2D eigenvalue weighted by molar-refractivity contribution is 5.98. The topological polar surface area (TPSA) is 62.5 Å². The number of benzene rings is 1. The zero-order valence-corrected chi connectivity index (χ0v) is 15.6. The number of amides is 1. The van der Waals surface area contributed by atoms with E-state index in [2.05, 4.69) is 47.2 Å². The number of carbonyl (C=O) groups is 1. The minimum absolute atomic E-state index is 0.399. The smallest absolute Gasteiger partial charge is 0.252 e. The van der Waals surface area contributed by atoms with Crippen molar-refractivity contribution in [3.63, 3.8) is 0 Å². The molecule has 0 aliphatic carbocycles. The Labute approximate surface area is 154 Å². The van der Waals surface area contributed by atoms with Crippen LogP contribution in [-0.2, 0) is 0 Å². The first-order valence-corrected chi connectivity index (χ1v) is 9.24. The van der Waals surface area contributed by atoms with E-state index in [0.29, 0.717) is 23.4 Å². The molecule has 0 bridgehead atoms. The van der Waals surface area contributed by atoms with Gasteiger partial charge >= 0.3 is 0 Å². The Morgan fingerprint density at radius 2 is 1.88 bits per heavy atom. The number of rotatable bonds is 3. The maximum atomic E-state index is 12.0. The third kappa shape index (κ3) is 2.76. The first kappa shape index (κ1) is 17.0. The van der Waals surface area contributed by atoms with Crippen LogP contribution in [0.4, 0.5) is 5.82 Å². The highest BCUT2D eigenvalue weighted by Gasteiger charge is 2.46. The molecule has 2 aromatic rings. The lowest BCUT2D eigenvalue weighted by Gasteiger charge is -2.28. The molecule has 0 unspecified atom stereocenters. The van der Waals surface area contributed by atoms with Gasteiger partial charge in [-0.15, -0.1) is 0 Å². The minimum atomic E-state index is -0.399. The van der Waals surface area contributed by atoms with E-state index in [1.807, 2.05) is 19.9 Å². The number of carbonyl (C=O) groups excluding carboxylic acids is 1. The van der Waals surface area contributed by atoms with Crippen molar-refractivity contribution in [1.29, 1.82) is 0 Å². The number of anilines is 1. The summed E-state index contributed by atoms with van der Waals surface area (Å²) in [6.45, 7) is 6.86. The molecule has 3 heterocycles. The van der Waals surface area contributed by atoms with E-state index >= 15 is 0 Å². The van der Waals surface area contributed by atoms with Crippen LogP contribution in [0.5, 0.6) is 0 Å². The number of hydrogen-bond donors (Lipinski definition) is 1. The summed E-state index contributed by atoms with van der Waals surface area (Å²) < 4.78 is 0. The molecule has 2 N–H and O–H groups in total. The first-order chi connectivity index (χ1) is 12.5. The lowest BCUT2D eigenvalue weighted by atomic mass is 9.90. The minimum Gasteiger partial charge on any atom is -0.365 e. The maximum absolute atomic E-state index is 12.0. The van der Waals surface area contributed by atoms with Gasteiger partial charge in [-0.2, -0.15) is 0 Å². The van der Waals surface area contributed by atoms with Gasteiger partial charge in [-0.3, -0.25) is 9.69 Å². The fraction of sp³-hybridized carbons (Fsp3) is 0.429. The fourth-order valence-corrected chi connectivity index (χ4v) is 4.70. The van der Waals surface area contributed by atoms with E-state index < -0.39 is 5.91 Å². The number of aromatic nitrogens is 1.